The first kappa shape index (κ1) is 31.4. The highest BCUT2D eigenvalue weighted by Crippen LogP contribution is 2.51. The standard InChI is InChI=1S/C39H46O3S/c1-6-29-18-20-30(21-19-29)23-33-24-34(35(40-5)22-27(33)3)39-38(42-26-32-16-12-9-13-17-32)37(28(4)36(7-2)43-39)41-25-31-14-10-8-11-15-31/h8-22,24,28,36-39H,6-7,23,25-26H2,1-5H3/t28-,36-,37+,38-,39+/m1/s1. The molecule has 1 saturated heterocycles. The summed E-state index contributed by atoms with van der Waals surface area (Å²) in [5.74, 6) is 1.27. The first-order chi connectivity index (χ1) is 21.0. The van der Waals surface area contributed by atoms with Crippen LogP contribution in [0.25, 0.3) is 0 Å². The van der Waals surface area contributed by atoms with E-state index in [-0.39, 0.29) is 17.5 Å². The zero-order chi connectivity index (χ0) is 30.2. The van der Waals surface area contributed by atoms with Gasteiger partial charge in [0, 0.05) is 10.8 Å². The molecule has 0 N–H and O–H groups in total. The van der Waals surface area contributed by atoms with Crippen LogP contribution in [0.2, 0.25) is 0 Å². The molecule has 0 unspecified atom stereocenters. The van der Waals surface area contributed by atoms with Crippen molar-refractivity contribution in [3.63, 3.8) is 0 Å². The maximum atomic E-state index is 6.91. The molecule has 4 heteroatoms. The third kappa shape index (κ3) is 7.73. The minimum Gasteiger partial charge on any atom is -0.496 e. The van der Waals surface area contributed by atoms with Gasteiger partial charge in [0.25, 0.3) is 0 Å². The van der Waals surface area contributed by atoms with Gasteiger partial charge in [-0.05, 0) is 71.6 Å². The van der Waals surface area contributed by atoms with Crippen molar-refractivity contribution in [1.29, 1.82) is 0 Å². The van der Waals surface area contributed by atoms with Crippen LogP contribution >= 0.6 is 11.8 Å². The van der Waals surface area contributed by atoms with E-state index in [0.717, 1.165) is 25.0 Å². The van der Waals surface area contributed by atoms with Crippen LogP contribution in [-0.2, 0) is 35.5 Å². The average Bonchev–Trinajstić information content (AvgIpc) is 3.05. The molecule has 4 aromatic rings. The molecule has 0 bridgehead atoms. The van der Waals surface area contributed by atoms with Gasteiger partial charge >= 0.3 is 0 Å². The van der Waals surface area contributed by atoms with Gasteiger partial charge in [0.05, 0.1) is 31.7 Å². The smallest absolute Gasteiger partial charge is 0.123 e. The summed E-state index contributed by atoms with van der Waals surface area (Å²) in [6.07, 6.45) is 2.82. The maximum absolute atomic E-state index is 6.91. The normalized spacial score (nSPS) is 21.9. The lowest BCUT2D eigenvalue weighted by molar-refractivity contribution is -0.112. The molecule has 5 atom stereocenters. The predicted octanol–water partition coefficient (Wildman–Crippen LogP) is 9.53. The Kier molecular flexibility index (Phi) is 11.0. The number of benzene rings is 4. The highest BCUT2D eigenvalue weighted by atomic mass is 32.2. The lowest BCUT2D eigenvalue weighted by atomic mass is 9.88. The second-order valence-electron chi connectivity index (χ2n) is 11.8. The summed E-state index contributed by atoms with van der Waals surface area (Å²) in [5.41, 5.74) is 8.84. The van der Waals surface area contributed by atoms with Crippen LogP contribution in [0.5, 0.6) is 5.75 Å². The monoisotopic (exact) mass is 594 g/mol. The lowest BCUT2D eigenvalue weighted by Gasteiger charge is -2.45. The van der Waals surface area contributed by atoms with E-state index in [4.69, 9.17) is 14.2 Å². The van der Waals surface area contributed by atoms with E-state index in [1.165, 1.54) is 38.9 Å². The molecule has 4 aromatic carbocycles. The molecular formula is C39H46O3S. The van der Waals surface area contributed by atoms with Gasteiger partial charge in [-0.25, -0.2) is 0 Å². The molecular weight excluding hydrogens is 548 g/mol. The number of methoxy groups -OCH3 is 1. The summed E-state index contributed by atoms with van der Waals surface area (Å²) in [5, 5.41) is 0.515. The van der Waals surface area contributed by atoms with E-state index in [1.54, 1.807) is 7.11 Å². The molecule has 0 radical (unpaired) electrons. The SMILES string of the molecule is CCc1ccc(Cc2cc([C@@H]3S[C@H](CC)[C@@H](C)[C@H](OCc4ccccc4)[C@H]3OCc3ccccc3)c(OC)cc2C)cc1. The van der Waals surface area contributed by atoms with Crippen LogP contribution in [0.3, 0.4) is 0 Å². The third-order valence-corrected chi connectivity index (χ3v) is 10.8. The van der Waals surface area contributed by atoms with Gasteiger partial charge in [0.15, 0.2) is 0 Å². The van der Waals surface area contributed by atoms with Gasteiger partial charge < -0.3 is 14.2 Å². The summed E-state index contributed by atoms with van der Waals surface area (Å²) in [6.45, 7) is 10.1. The summed E-state index contributed by atoms with van der Waals surface area (Å²) in [6, 6.07) is 34.6. The highest BCUT2D eigenvalue weighted by molar-refractivity contribution is 8.00. The Bertz CT molecular complexity index is 1420. The Labute approximate surface area is 263 Å². The predicted molar refractivity (Wildman–Crippen MR) is 180 cm³/mol. The quantitative estimate of drug-likeness (QED) is 0.163. The number of aryl methyl sites for hydroxylation is 2. The fourth-order valence-electron chi connectivity index (χ4n) is 6.20. The van der Waals surface area contributed by atoms with Gasteiger partial charge in [-0.15, -0.1) is 11.8 Å². The van der Waals surface area contributed by atoms with Crippen molar-refractivity contribution in [2.75, 3.05) is 7.11 Å². The Morgan fingerprint density at radius 2 is 1.28 bits per heavy atom. The molecule has 0 amide bonds. The number of hydrogen-bond donors (Lipinski definition) is 0. The average molecular weight is 595 g/mol. The highest BCUT2D eigenvalue weighted by Gasteiger charge is 2.46. The topological polar surface area (TPSA) is 27.7 Å². The molecule has 0 saturated carbocycles. The Morgan fingerprint density at radius 1 is 0.698 bits per heavy atom. The van der Waals surface area contributed by atoms with Gasteiger partial charge in [0.1, 0.15) is 11.9 Å². The van der Waals surface area contributed by atoms with E-state index >= 15 is 0 Å². The van der Waals surface area contributed by atoms with Crippen LogP contribution in [-0.4, -0.2) is 24.6 Å². The fourth-order valence-corrected chi connectivity index (χ4v) is 7.89. The molecule has 0 spiro atoms. The summed E-state index contributed by atoms with van der Waals surface area (Å²) in [4.78, 5) is 0. The van der Waals surface area contributed by atoms with E-state index in [9.17, 15) is 0 Å². The van der Waals surface area contributed by atoms with Crippen molar-refractivity contribution in [2.45, 2.75) is 82.9 Å². The van der Waals surface area contributed by atoms with Crippen molar-refractivity contribution in [1.82, 2.24) is 0 Å². The Hall–Kier alpha value is -3.05. The lowest BCUT2D eigenvalue weighted by Crippen LogP contribution is -2.48. The fraction of sp³-hybridized carbons (Fsp3) is 0.385. The summed E-state index contributed by atoms with van der Waals surface area (Å²) >= 11 is 2.03. The van der Waals surface area contributed by atoms with Crippen LogP contribution in [0.4, 0.5) is 0 Å². The van der Waals surface area contributed by atoms with E-state index in [0.29, 0.717) is 24.4 Å². The molecule has 1 heterocycles. The molecule has 5 rings (SSSR count). The van der Waals surface area contributed by atoms with Crippen LogP contribution in [0, 0.1) is 12.8 Å². The van der Waals surface area contributed by atoms with Crippen LogP contribution < -0.4 is 4.74 Å². The molecule has 1 aliphatic rings. The van der Waals surface area contributed by atoms with Crippen LogP contribution in [0.1, 0.15) is 71.4 Å². The minimum absolute atomic E-state index is 0.0591. The molecule has 1 fully saturated rings. The molecule has 3 nitrogen and oxygen atoms in total. The summed E-state index contributed by atoms with van der Waals surface area (Å²) < 4.78 is 19.8. The van der Waals surface area contributed by atoms with Gasteiger partial charge in [-0.2, -0.15) is 0 Å². The van der Waals surface area contributed by atoms with E-state index in [2.05, 4.69) is 125 Å². The number of thioether (sulfide) groups is 1. The first-order valence-corrected chi connectivity index (χ1v) is 16.7. The van der Waals surface area contributed by atoms with Gasteiger partial charge in [-0.1, -0.05) is 112 Å². The van der Waals surface area contributed by atoms with E-state index in [1.807, 2.05) is 11.8 Å². The second-order valence-corrected chi connectivity index (χ2v) is 13.1. The van der Waals surface area contributed by atoms with Crippen molar-refractivity contribution < 1.29 is 14.2 Å². The number of hydrogen-bond acceptors (Lipinski definition) is 4. The summed E-state index contributed by atoms with van der Waals surface area (Å²) in [7, 11) is 1.79. The Morgan fingerprint density at radius 3 is 1.84 bits per heavy atom. The molecule has 43 heavy (non-hydrogen) atoms. The largest absolute Gasteiger partial charge is 0.496 e. The van der Waals surface area contributed by atoms with Crippen molar-refractivity contribution in [3.8, 4) is 5.75 Å². The van der Waals surface area contributed by atoms with Crippen molar-refractivity contribution in [3.05, 3.63) is 136 Å². The first-order valence-electron chi connectivity index (χ1n) is 15.7. The van der Waals surface area contributed by atoms with E-state index < -0.39 is 0 Å². The number of ether oxygens (including phenoxy) is 3. The zero-order valence-corrected chi connectivity index (χ0v) is 27.1. The molecule has 226 valence electrons. The Balaban J connectivity index is 1.52. The second kappa shape index (κ2) is 15.1. The van der Waals surface area contributed by atoms with Gasteiger partial charge in [-0.3, -0.25) is 0 Å². The van der Waals surface area contributed by atoms with Crippen molar-refractivity contribution in [2.24, 2.45) is 5.92 Å². The molecule has 0 aromatic heterocycles. The maximum Gasteiger partial charge on any atom is 0.123 e. The number of rotatable bonds is 12. The third-order valence-electron chi connectivity index (χ3n) is 8.84. The minimum atomic E-state index is -0.139. The zero-order valence-electron chi connectivity index (χ0n) is 26.3. The van der Waals surface area contributed by atoms with Gasteiger partial charge in [0.2, 0.25) is 0 Å². The van der Waals surface area contributed by atoms with Crippen LogP contribution in [0.15, 0.2) is 97.1 Å². The molecule has 0 aliphatic carbocycles. The van der Waals surface area contributed by atoms with Crippen molar-refractivity contribution >= 4 is 11.8 Å². The molecule has 1 aliphatic heterocycles.